The summed E-state index contributed by atoms with van der Waals surface area (Å²) in [5.74, 6) is 0. The fraction of sp³-hybridized carbons (Fsp3) is 0.0227. The molecule has 0 bridgehead atoms. The fourth-order valence-electron chi connectivity index (χ4n) is 18.0. The molecule has 0 radical (unpaired) electrons. The molecule has 15 aromatic carbocycles. The lowest BCUT2D eigenvalue weighted by Crippen LogP contribution is -2.25. The summed E-state index contributed by atoms with van der Waals surface area (Å²) in [6.45, 7) is 0. The highest BCUT2D eigenvalue weighted by Crippen LogP contribution is 2.65. The average molecular weight is 1140 g/mol. The first-order chi connectivity index (χ1) is 44.7. The first-order valence-corrected chi connectivity index (χ1v) is 31.6. The maximum atomic E-state index is 2.60. The molecule has 2 heteroatoms. The molecule has 0 aliphatic heterocycles. The molecule has 21 rings (SSSR count). The van der Waals surface area contributed by atoms with Crippen LogP contribution in [0, 0.1) is 0 Å². The van der Waals surface area contributed by atoms with Gasteiger partial charge in [-0.15, -0.1) is 0 Å². The predicted octanol–water partition coefficient (Wildman–Crippen LogP) is 22.2. The molecular weight excluding hydrogens is 1080 g/mol. The summed E-state index contributed by atoms with van der Waals surface area (Å²) >= 11 is 0. The van der Waals surface area contributed by atoms with Crippen molar-refractivity contribution in [3.63, 3.8) is 0 Å². The van der Waals surface area contributed by atoms with E-state index in [1.165, 1.54) is 176 Å². The maximum Gasteiger partial charge on any atom is 0.0725 e. The Morgan fingerprint density at radius 2 is 0.433 bits per heavy atom. The van der Waals surface area contributed by atoms with E-state index >= 15 is 0 Å². The molecule has 90 heavy (non-hydrogen) atoms. The molecule has 2 nitrogen and oxygen atoms in total. The lowest BCUT2D eigenvalue weighted by Gasteiger charge is -2.31. The van der Waals surface area contributed by atoms with Gasteiger partial charge in [-0.25, -0.2) is 0 Å². The number of hydrogen-bond donors (Lipinski definition) is 0. The van der Waals surface area contributed by atoms with Gasteiger partial charge in [0.2, 0.25) is 0 Å². The summed E-state index contributed by atoms with van der Waals surface area (Å²) in [5, 5.41) is 9.79. The number of aromatic nitrogens is 2. The zero-order valence-corrected chi connectivity index (χ0v) is 48.9. The maximum absolute atomic E-state index is 2.60. The molecule has 4 aliphatic carbocycles. The van der Waals surface area contributed by atoms with Crippen molar-refractivity contribution in [2.24, 2.45) is 0 Å². The summed E-state index contributed by atoms with van der Waals surface area (Å²) < 4.78 is 4.99. The van der Waals surface area contributed by atoms with Gasteiger partial charge in [-0.3, -0.25) is 0 Å². The van der Waals surface area contributed by atoms with Crippen LogP contribution in [0.15, 0.2) is 315 Å². The van der Waals surface area contributed by atoms with Gasteiger partial charge < -0.3 is 9.13 Å². The number of nitrogens with zero attached hydrogens (tertiary/aromatic N) is 2. The second-order valence-electron chi connectivity index (χ2n) is 25.2. The van der Waals surface area contributed by atoms with Crippen LogP contribution in [0.2, 0.25) is 0 Å². The van der Waals surface area contributed by atoms with Crippen LogP contribution in [0.4, 0.5) is 0 Å². The van der Waals surface area contributed by atoms with Crippen molar-refractivity contribution in [1.29, 1.82) is 0 Å². The zero-order chi connectivity index (χ0) is 58.6. The van der Waals surface area contributed by atoms with Crippen LogP contribution in [0.5, 0.6) is 0 Å². The van der Waals surface area contributed by atoms with Crippen molar-refractivity contribution in [2.45, 2.75) is 10.8 Å². The fourth-order valence-corrected chi connectivity index (χ4v) is 18.0. The highest BCUT2D eigenvalue weighted by Gasteiger charge is 2.53. The molecule has 0 fully saturated rings. The highest BCUT2D eigenvalue weighted by molar-refractivity contribution is 6.23. The number of benzene rings is 15. The molecule has 0 amide bonds. The summed E-state index contributed by atoms with van der Waals surface area (Å²) in [4.78, 5) is 0. The molecule has 4 aliphatic rings. The van der Waals surface area contributed by atoms with E-state index in [0.29, 0.717) is 0 Å². The quantitative estimate of drug-likeness (QED) is 0.155. The molecule has 414 valence electrons. The number of para-hydroxylation sites is 4. The van der Waals surface area contributed by atoms with Crippen LogP contribution >= 0.6 is 0 Å². The van der Waals surface area contributed by atoms with Crippen molar-refractivity contribution in [3.05, 3.63) is 360 Å². The first kappa shape index (κ1) is 48.5. The lowest BCUT2D eigenvalue weighted by atomic mass is 9.70. The number of rotatable bonds is 4. The lowest BCUT2D eigenvalue weighted by molar-refractivity contribution is 0.794. The minimum Gasteiger partial charge on any atom is -0.309 e. The van der Waals surface area contributed by atoms with E-state index in [1.807, 2.05) is 0 Å². The summed E-state index contributed by atoms with van der Waals surface area (Å²) in [5.41, 5.74) is 31.9. The van der Waals surface area contributed by atoms with E-state index in [0.717, 1.165) is 11.4 Å². The Balaban J connectivity index is 0.917. The molecule has 2 spiro atoms. The van der Waals surface area contributed by atoms with Gasteiger partial charge in [0.15, 0.2) is 0 Å². The van der Waals surface area contributed by atoms with Gasteiger partial charge in [0, 0.05) is 32.9 Å². The smallest absolute Gasteiger partial charge is 0.0725 e. The van der Waals surface area contributed by atoms with Crippen LogP contribution in [-0.2, 0) is 10.8 Å². The number of hydrogen-bond acceptors (Lipinski definition) is 0. The van der Waals surface area contributed by atoms with E-state index in [1.54, 1.807) is 0 Å². The van der Waals surface area contributed by atoms with Gasteiger partial charge in [0.1, 0.15) is 0 Å². The van der Waals surface area contributed by atoms with Gasteiger partial charge >= 0.3 is 0 Å². The van der Waals surface area contributed by atoms with Crippen molar-refractivity contribution < 1.29 is 0 Å². The van der Waals surface area contributed by atoms with Crippen molar-refractivity contribution in [3.8, 4) is 78.1 Å². The summed E-state index contributed by atoms with van der Waals surface area (Å²) in [6, 6.07) is 121. The number of fused-ring (bicyclic) bond motifs is 28. The second-order valence-corrected chi connectivity index (χ2v) is 25.2. The predicted molar refractivity (Wildman–Crippen MR) is 374 cm³/mol. The normalized spacial score (nSPS) is 14.0. The Morgan fingerprint density at radius 1 is 0.178 bits per heavy atom. The Kier molecular flexibility index (Phi) is 9.47. The average Bonchev–Trinajstić information content (AvgIpc) is 1.51. The standard InChI is InChI=1S/C88H52N2/c1-11-31-73-57(21-1)58-22-2-12-32-74(58)87(73)77-35-15-5-25-61(77)63-45-41-53(49-79(63)87)85-69-47-43-56(90-83-39-19-9-29-67(83)68-30-10-20-40-84(68)90)52-72(69)86(70-48-44-55(51-71(70)85)89-81-37-17-7-27-65(81)66-28-8-18-38-82(66)89)54-42-46-64-62-26-6-16-36-78(62)88(80(64)50-54)75-33-13-3-23-59(75)60-24-4-14-34-76(60)88/h1-52H. The van der Waals surface area contributed by atoms with E-state index in [9.17, 15) is 0 Å². The molecule has 17 aromatic rings. The molecular formula is C88H52N2. The first-order valence-electron chi connectivity index (χ1n) is 31.6. The highest BCUT2D eigenvalue weighted by atomic mass is 15.0. The van der Waals surface area contributed by atoms with E-state index in [2.05, 4.69) is 325 Å². The third kappa shape index (κ3) is 5.94. The van der Waals surface area contributed by atoms with E-state index in [4.69, 9.17) is 0 Å². The van der Waals surface area contributed by atoms with Gasteiger partial charge in [0.25, 0.3) is 0 Å². The topological polar surface area (TPSA) is 9.86 Å². The van der Waals surface area contributed by atoms with Crippen LogP contribution in [0.3, 0.4) is 0 Å². The molecule has 0 unspecified atom stereocenters. The molecule has 0 saturated carbocycles. The molecule has 0 saturated heterocycles. The van der Waals surface area contributed by atoms with Crippen LogP contribution < -0.4 is 0 Å². The van der Waals surface area contributed by atoms with Crippen LogP contribution in [0.25, 0.3) is 143 Å². The Bertz CT molecular complexity index is 5460. The molecule has 2 heterocycles. The van der Waals surface area contributed by atoms with Crippen molar-refractivity contribution in [1.82, 2.24) is 9.13 Å². The third-order valence-corrected chi connectivity index (χ3v) is 21.3. The Morgan fingerprint density at radius 3 is 0.733 bits per heavy atom. The summed E-state index contributed by atoms with van der Waals surface area (Å²) in [6.07, 6.45) is 0. The molecule has 0 N–H and O–H groups in total. The van der Waals surface area contributed by atoms with E-state index in [-0.39, 0.29) is 0 Å². The summed E-state index contributed by atoms with van der Waals surface area (Å²) in [7, 11) is 0. The van der Waals surface area contributed by atoms with Gasteiger partial charge in [0.05, 0.1) is 32.9 Å². The molecule has 2 aromatic heterocycles. The van der Waals surface area contributed by atoms with Crippen molar-refractivity contribution in [2.75, 3.05) is 0 Å². The Hall–Kier alpha value is -11.6. The Labute approximate surface area is 520 Å². The molecule has 0 atom stereocenters. The second kappa shape index (κ2) is 17.6. The van der Waals surface area contributed by atoms with E-state index < -0.39 is 10.8 Å². The van der Waals surface area contributed by atoms with Gasteiger partial charge in [-0.2, -0.15) is 0 Å². The SMILES string of the molecule is c1ccc2c(c1)-c1ccccc1C21c2ccccc2-c2ccc(-c3c4ccc(-n5c6ccccc6c6ccccc65)cc4c(-c4ccc5c(c4)C4(c6ccccc6-c6ccccc64)c4ccccc4-5)c4ccc(-n5c6ccccc6c6ccccc65)cc34)cc21. The monoisotopic (exact) mass is 1140 g/mol. The van der Waals surface area contributed by atoms with Crippen LogP contribution in [-0.4, -0.2) is 9.13 Å². The minimum atomic E-state index is -0.520. The zero-order valence-electron chi connectivity index (χ0n) is 48.9. The largest absolute Gasteiger partial charge is 0.309 e. The van der Waals surface area contributed by atoms with Crippen molar-refractivity contribution >= 4 is 65.2 Å². The van der Waals surface area contributed by atoms with Gasteiger partial charge in [-0.1, -0.05) is 255 Å². The van der Waals surface area contributed by atoms with Gasteiger partial charge in [-0.05, 0) is 193 Å². The minimum absolute atomic E-state index is 0.520. The third-order valence-electron chi connectivity index (χ3n) is 21.3. The van der Waals surface area contributed by atoms with Crippen LogP contribution in [0.1, 0.15) is 44.5 Å².